The first-order valence-corrected chi connectivity index (χ1v) is 10.6. The number of hydrogen-bond acceptors (Lipinski definition) is 4. The quantitative estimate of drug-likeness (QED) is 0.688. The molecule has 0 amide bonds. The molecule has 2 aromatic rings. The molecule has 0 bridgehead atoms. The molecule has 0 unspecified atom stereocenters. The first kappa shape index (κ1) is 21.0. The second kappa shape index (κ2) is 8.75. The van der Waals surface area contributed by atoms with E-state index in [9.17, 15) is 9.90 Å². The Balaban J connectivity index is 1.55. The Morgan fingerprint density at radius 1 is 1.29 bits per heavy atom. The zero-order valence-electron chi connectivity index (χ0n) is 17.8. The van der Waals surface area contributed by atoms with E-state index in [1.54, 1.807) is 0 Å². The number of likely N-dealkylation sites (tertiary alicyclic amines) is 1. The summed E-state index contributed by atoms with van der Waals surface area (Å²) in [5, 5.41) is 15.2. The first-order valence-electron chi connectivity index (χ1n) is 10.6. The topological polar surface area (TPSA) is 58.4 Å². The Labute approximate surface area is 168 Å². The van der Waals surface area contributed by atoms with Gasteiger partial charge < -0.3 is 10.0 Å². The highest BCUT2D eigenvalue weighted by Crippen LogP contribution is 2.27. The zero-order chi connectivity index (χ0) is 20.3. The number of nitrogens with zero attached hydrogens (tertiary/aromatic N) is 3. The Morgan fingerprint density at radius 2 is 2.00 bits per heavy atom. The van der Waals surface area contributed by atoms with Gasteiger partial charge in [-0.3, -0.25) is 9.48 Å². The third kappa shape index (κ3) is 5.00. The van der Waals surface area contributed by atoms with Crippen molar-refractivity contribution in [1.82, 2.24) is 14.7 Å². The third-order valence-corrected chi connectivity index (χ3v) is 5.95. The lowest BCUT2D eigenvalue weighted by Crippen LogP contribution is -2.41. The minimum absolute atomic E-state index is 0.0408. The fourth-order valence-electron chi connectivity index (χ4n) is 4.11. The standard InChI is InChI=1S/C23H35N3O2/c1-17(2)26-14-19-6-5-7-20(22(19)24-26)21(28)9-8-18-10-12-25(13-11-18)15-23(3,4)16-27/h5-7,14,17-18,27H,8-13,15-16H2,1-4H3. The highest BCUT2D eigenvalue weighted by molar-refractivity contribution is 6.06. The number of hydrogen-bond donors (Lipinski definition) is 1. The van der Waals surface area contributed by atoms with Gasteiger partial charge in [-0.05, 0) is 58.2 Å². The summed E-state index contributed by atoms with van der Waals surface area (Å²) >= 11 is 0. The van der Waals surface area contributed by atoms with E-state index in [1.807, 2.05) is 29.1 Å². The highest BCUT2D eigenvalue weighted by Gasteiger charge is 2.25. The number of aromatic nitrogens is 2. The van der Waals surface area contributed by atoms with E-state index in [1.165, 1.54) is 0 Å². The molecule has 1 aliphatic heterocycles. The predicted octanol–water partition coefficient (Wildman–Crippen LogP) is 4.31. The lowest BCUT2D eigenvalue weighted by atomic mass is 9.88. The van der Waals surface area contributed by atoms with Crippen LogP contribution < -0.4 is 0 Å². The summed E-state index contributed by atoms with van der Waals surface area (Å²) in [4.78, 5) is 15.3. The second-order valence-electron chi connectivity index (χ2n) is 9.45. The molecule has 1 saturated heterocycles. The average Bonchev–Trinajstić information content (AvgIpc) is 3.11. The van der Waals surface area contributed by atoms with Gasteiger partial charge in [-0.1, -0.05) is 26.0 Å². The fourth-order valence-corrected chi connectivity index (χ4v) is 4.11. The number of ketones is 1. The van der Waals surface area contributed by atoms with Crippen LogP contribution in [0.25, 0.3) is 10.9 Å². The highest BCUT2D eigenvalue weighted by atomic mass is 16.3. The average molecular weight is 386 g/mol. The molecular formula is C23H35N3O2. The van der Waals surface area contributed by atoms with E-state index in [0.29, 0.717) is 12.3 Å². The summed E-state index contributed by atoms with van der Waals surface area (Å²) in [5.74, 6) is 0.827. The normalized spacial score (nSPS) is 16.9. The van der Waals surface area contributed by atoms with Crippen molar-refractivity contribution in [2.45, 2.75) is 59.4 Å². The van der Waals surface area contributed by atoms with Gasteiger partial charge in [-0.15, -0.1) is 0 Å². The minimum Gasteiger partial charge on any atom is -0.396 e. The molecule has 1 aromatic heterocycles. The predicted molar refractivity (Wildman–Crippen MR) is 114 cm³/mol. The van der Waals surface area contributed by atoms with Crippen LogP contribution in [0, 0.1) is 11.3 Å². The molecule has 1 fully saturated rings. The van der Waals surface area contributed by atoms with Crippen molar-refractivity contribution in [3.63, 3.8) is 0 Å². The van der Waals surface area contributed by atoms with E-state index in [0.717, 1.165) is 55.4 Å². The van der Waals surface area contributed by atoms with Crippen molar-refractivity contribution in [3.05, 3.63) is 30.0 Å². The molecule has 0 saturated carbocycles. The number of benzene rings is 1. The van der Waals surface area contributed by atoms with Crippen LogP contribution in [0.3, 0.4) is 0 Å². The van der Waals surface area contributed by atoms with E-state index >= 15 is 0 Å². The third-order valence-electron chi connectivity index (χ3n) is 5.95. The van der Waals surface area contributed by atoms with E-state index in [-0.39, 0.29) is 23.8 Å². The molecule has 5 heteroatoms. The summed E-state index contributed by atoms with van der Waals surface area (Å²) in [6.07, 6.45) is 5.86. The van der Waals surface area contributed by atoms with Crippen LogP contribution >= 0.6 is 0 Å². The van der Waals surface area contributed by atoms with Crippen LogP contribution in [-0.4, -0.2) is 51.8 Å². The number of carbonyl (C=O) groups excluding carboxylic acids is 1. The summed E-state index contributed by atoms with van der Waals surface area (Å²) in [7, 11) is 0. The van der Waals surface area contributed by atoms with Crippen LogP contribution in [-0.2, 0) is 0 Å². The SMILES string of the molecule is CC(C)n1cc2cccc(C(=O)CCC3CCN(CC(C)(C)CO)CC3)c2n1. The van der Waals surface area contributed by atoms with Crippen LogP contribution in [0.5, 0.6) is 0 Å². The fraction of sp³-hybridized carbons (Fsp3) is 0.652. The summed E-state index contributed by atoms with van der Waals surface area (Å²) in [6, 6.07) is 6.20. The largest absolute Gasteiger partial charge is 0.396 e. The number of fused-ring (bicyclic) bond motifs is 1. The maximum absolute atomic E-state index is 12.9. The maximum Gasteiger partial charge on any atom is 0.165 e. The van der Waals surface area contributed by atoms with E-state index < -0.39 is 0 Å². The Kier molecular flexibility index (Phi) is 6.56. The van der Waals surface area contributed by atoms with Gasteiger partial charge >= 0.3 is 0 Å². The van der Waals surface area contributed by atoms with Gasteiger partial charge in [-0.25, -0.2) is 0 Å². The molecule has 0 atom stereocenters. The number of piperidine rings is 1. The number of Topliss-reactive ketones (excluding diaryl/α,β-unsaturated/α-hetero) is 1. The summed E-state index contributed by atoms with van der Waals surface area (Å²) in [5.41, 5.74) is 1.56. The maximum atomic E-state index is 12.9. The molecule has 0 spiro atoms. The molecule has 1 aromatic carbocycles. The molecule has 28 heavy (non-hydrogen) atoms. The van der Waals surface area contributed by atoms with Gasteiger partial charge in [0.05, 0.1) is 0 Å². The number of aliphatic hydroxyl groups is 1. The van der Waals surface area contributed by atoms with Crippen molar-refractivity contribution in [2.24, 2.45) is 11.3 Å². The van der Waals surface area contributed by atoms with Crippen molar-refractivity contribution in [2.75, 3.05) is 26.2 Å². The van der Waals surface area contributed by atoms with Crippen LogP contribution in [0.4, 0.5) is 0 Å². The van der Waals surface area contributed by atoms with Crippen molar-refractivity contribution >= 4 is 16.7 Å². The Bertz CT molecular complexity index is 801. The zero-order valence-corrected chi connectivity index (χ0v) is 17.8. The second-order valence-corrected chi connectivity index (χ2v) is 9.45. The van der Waals surface area contributed by atoms with Gasteiger partial charge in [0.2, 0.25) is 0 Å². The number of carbonyl (C=O) groups is 1. The Morgan fingerprint density at radius 3 is 2.64 bits per heavy atom. The monoisotopic (exact) mass is 385 g/mol. The van der Waals surface area contributed by atoms with Gasteiger partial charge in [0.15, 0.2) is 5.78 Å². The van der Waals surface area contributed by atoms with Gasteiger partial charge in [-0.2, -0.15) is 5.10 Å². The molecule has 1 N–H and O–H groups in total. The van der Waals surface area contributed by atoms with Crippen molar-refractivity contribution < 1.29 is 9.90 Å². The first-order chi connectivity index (χ1) is 13.3. The van der Waals surface area contributed by atoms with E-state index in [4.69, 9.17) is 0 Å². The summed E-state index contributed by atoms with van der Waals surface area (Å²) in [6.45, 7) is 11.7. The molecule has 2 heterocycles. The van der Waals surface area contributed by atoms with Crippen molar-refractivity contribution in [1.29, 1.82) is 0 Å². The smallest absolute Gasteiger partial charge is 0.165 e. The molecule has 3 rings (SSSR count). The molecular weight excluding hydrogens is 350 g/mol. The van der Waals surface area contributed by atoms with Crippen LogP contribution in [0.2, 0.25) is 0 Å². The Hall–Kier alpha value is -1.72. The minimum atomic E-state index is -0.0408. The van der Waals surface area contributed by atoms with E-state index in [2.05, 4.69) is 37.7 Å². The van der Waals surface area contributed by atoms with Gasteiger partial charge in [0.1, 0.15) is 5.52 Å². The molecule has 1 aliphatic rings. The summed E-state index contributed by atoms with van der Waals surface area (Å²) < 4.78 is 1.94. The number of aliphatic hydroxyl groups excluding tert-OH is 1. The lowest BCUT2D eigenvalue weighted by molar-refractivity contribution is 0.0784. The molecule has 5 nitrogen and oxygen atoms in total. The van der Waals surface area contributed by atoms with Gasteiger partial charge in [0, 0.05) is 48.2 Å². The molecule has 154 valence electrons. The van der Waals surface area contributed by atoms with Crippen molar-refractivity contribution in [3.8, 4) is 0 Å². The molecule has 0 radical (unpaired) electrons. The molecule has 0 aliphatic carbocycles. The lowest BCUT2D eigenvalue weighted by Gasteiger charge is -2.36. The van der Waals surface area contributed by atoms with Crippen LogP contribution in [0.1, 0.15) is 69.8 Å². The number of rotatable bonds is 8. The van der Waals surface area contributed by atoms with Crippen LogP contribution in [0.15, 0.2) is 24.4 Å². The van der Waals surface area contributed by atoms with Gasteiger partial charge in [0.25, 0.3) is 0 Å².